The maximum Gasteiger partial charge on any atom is 0.0551 e. The number of rotatable bonds is 2. The van der Waals surface area contributed by atoms with Crippen LogP contribution in [0.1, 0.15) is 11.6 Å². The van der Waals surface area contributed by atoms with Crippen LogP contribution in [0.2, 0.25) is 5.02 Å². The molecular formula is C8H10BrClN2. The van der Waals surface area contributed by atoms with Crippen LogP contribution in [0.25, 0.3) is 0 Å². The minimum Gasteiger partial charge on any atom is -0.329 e. The molecule has 0 aliphatic carbocycles. The van der Waals surface area contributed by atoms with Crippen LogP contribution in [0.5, 0.6) is 0 Å². The first-order valence-corrected chi connectivity index (χ1v) is 4.73. The lowest BCUT2D eigenvalue weighted by atomic mass is 10.1. The monoisotopic (exact) mass is 248 g/mol. The smallest absolute Gasteiger partial charge is 0.0551 e. The molecule has 1 aromatic rings. The molecule has 0 aromatic heterocycles. The highest BCUT2D eigenvalue weighted by atomic mass is 79.9. The molecular weight excluding hydrogens is 239 g/mol. The zero-order valence-corrected chi connectivity index (χ0v) is 8.77. The molecule has 1 rings (SSSR count). The Morgan fingerprint density at radius 3 is 2.67 bits per heavy atom. The summed E-state index contributed by atoms with van der Waals surface area (Å²) in [5.41, 5.74) is 12.1. The molecule has 0 unspecified atom stereocenters. The molecule has 12 heavy (non-hydrogen) atoms. The fourth-order valence-electron chi connectivity index (χ4n) is 0.879. The second kappa shape index (κ2) is 4.23. The van der Waals surface area contributed by atoms with E-state index in [0.717, 1.165) is 10.0 Å². The molecule has 0 saturated carbocycles. The number of nitrogens with two attached hydrogens (primary N) is 2. The predicted octanol–water partition coefficient (Wildman–Crippen LogP) is 2.06. The Kier molecular flexibility index (Phi) is 3.53. The van der Waals surface area contributed by atoms with Crippen molar-refractivity contribution in [2.24, 2.45) is 11.5 Å². The van der Waals surface area contributed by atoms with Gasteiger partial charge >= 0.3 is 0 Å². The molecule has 0 bridgehead atoms. The van der Waals surface area contributed by atoms with E-state index in [-0.39, 0.29) is 6.04 Å². The standard InChI is InChI=1S/C8H10BrClN2/c9-6-2-1-5(3-7(6)10)8(12)4-11/h1-3,8H,4,11-12H2/t8-/m0/s1. The summed E-state index contributed by atoms with van der Waals surface area (Å²) in [6.45, 7) is 0.429. The van der Waals surface area contributed by atoms with Gasteiger partial charge < -0.3 is 11.5 Å². The van der Waals surface area contributed by atoms with Crippen molar-refractivity contribution in [3.8, 4) is 0 Å². The first-order valence-electron chi connectivity index (χ1n) is 3.55. The number of benzene rings is 1. The van der Waals surface area contributed by atoms with Crippen molar-refractivity contribution in [2.75, 3.05) is 6.54 Å². The van der Waals surface area contributed by atoms with Crippen molar-refractivity contribution < 1.29 is 0 Å². The quantitative estimate of drug-likeness (QED) is 0.843. The normalized spacial score (nSPS) is 13.0. The van der Waals surface area contributed by atoms with E-state index in [2.05, 4.69) is 15.9 Å². The van der Waals surface area contributed by atoms with Crippen molar-refractivity contribution in [1.29, 1.82) is 0 Å². The Balaban J connectivity index is 2.96. The highest BCUT2D eigenvalue weighted by Gasteiger charge is 2.05. The van der Waals surface area contributed by atoms with E-state index in [1.54, 1.807) is 0 Å². The van der Waals surface area contributed by atoms with Gasteiger partial charge in [-0.2, -0.15) is 0 Å². The highest BCUT2D eigenvalue weighted by molar-refractivity contribution is 9.10. The molecule has 1 aromatic carbocycles. The highest BCUT2D eigenvalue weighted by Crippen LogP contribution is 2.24. The lowest BCUT2D eigenvalue weighted by molar-refractivity contribution is 0.737. The summed E-state index contributed by atoms with van der Waals surface area (Å²) in [6, 6.07) is 5.47. The maximum absolute atomic E-state index is 5.87. The van der Waals surface area contributed by atoms with Crippen molar-refractivity contribution in [3.63, 3.8) is 0 Å². The lowest BCUT2D eigenvalue weighted by Gasteiger charge is -2.09. The summed E-state index contributed by atoms with van der Waals surface area (Å²) in [5, 5.41) is 0.663. The average Bonchev–Trinajstić information content (AvgIpc) is 2.08. The Labute approximate surface area is 85.0 Å². The van der Waals surface area contributed by atoms with Crippen LogP contribution in [-0.2, 0) is 0 Å². The number of hydrogen-bond donors (Lipinski definition) is 2. The van der Waals surface area contributed by atoms with E-state index in [4.69, 9.17) is 23.1 Å². The van der Waals surface area contributed by atoms with Crippen LogP contribution in [0.3, 0.4) is 0 Å². The predicted molar refractivity (Wildman–Crippen MR) is 55.1 cm³/mol. The Hall–Kier alpha value is -0.0900. The fraction of sp³-hybridized carbons (Fsp3) is 0.250. The molecule has 0 amide bonds. The maximum atomic E-state index is 5.87. The van der Waals surface area contributed by atoms with E-state index in [1.165, 1.54) is 0 Å². The molecule has 0 spiro atoms. The van der Waals surface area contributed by atoms with Crippen molar-refractivity contribution in [3.05, 3.63) is 33.3 Å². The Morgan fingerprint density at radius 2 is 2.17 bits per heavy atom. The summed E-state index contributed by atoms with van der Waals surface area (Å²) in [6.07, 6.45) is 0. The van der Waals surface area contributed by atoms with Crippen molar-refractivity contribution in [2.45, 2.75) is 6.04 Å². The van der Waals surface area contributed by atoms with Crippen LogP contribution in [0.4, 0.5) is 0 Å². The molecule has 0 heterocycles. The number of hydrogen-bond acceptors (Lipinski definition) is 2. The summed E-state index contributed by atoms with van der Waals surface area (Å²) in [5.74, 6) is 0. The van der Waals surface area contributed by atoms with E-state index in [1.807, 2.05) is 18.2 Å². The van der Waals surface area contributed by atoms with Crippen LogP contribution >= 0.6 is 27.5 Å². The molecule has 0 aliphatic rings. The van der Waals surface area contributed by atoms with Crippen molar-refractivity contribution >= 4 is 27.5 Å². The molecule has 1 atom stereocenters. The molecule has 0 aliphatic heterocycles. The van der Waals surface area contributed by atoms with Gasteiger partial charge in [0.2, 0.25) is 0 Å². The first kappa shape index (κ1) is 9.99. The van der Waals surface area contributed by atoms with E-state index >= 15 is 0 Å². The largest absolute Gasteiger partial charge is 0.329 e. The summed E-state index contributed by atoms with van der Waals surface area (Å²) in [4.78, 5) is 0. The second-order valence-electron chi connectivity index (χ2n) is 2.52. The zero-order chi connectivity index (χ0) is 9.14. The zero-order valence-electron chi connectivity index (χ0n) is 6.43. The van der Waals surface area contributed by atoms with E-state index in [0.29, 0.717) is 11.6 Å². The van der Waals surface area contributed by atoms with Crippen LogP contribution < -0.4 is 11.5 Å². The molecule has 0 fully saturated rings. The third-order valence-corrected chi connectivity index (χ3v) is 2.86. The van der Waals surface area contributed by atoms with Gasteiger partial charge in [-0.3, -0.25) is 0 Å². The van der Waals surface area contributed by atoms with Gasteiger partial charge in [0.25, 0.3) is 0 Å². The third kappa shape index (κ3) is 2.20. The van der Waals surface area contributed by atoms with Gasteiger partial charge in [-0.05, 0) is 33.6 Å². The van der Waals surface area contributed by atoms with Gasteiger partial charge in [0.15, 0.2) is 0 Å². The molecule has 0 saturated heterocycles. The molecule has 0 radical (unpaired) electrons. The SMILES string of the molecule is NC[C@H](N)c1ccc(Br)c(Cl)c1. The van der Waals surface area contributed by atoms with Crippen LogP contribution in [-0.4, -0.2) is 6.54 Å². The topological polar surface area (TPSA) is 52.0 Å². The summed E-state index contributed by atoms with van der Waals surface area (Å²) in [7, 11) is 0. The van der Waals surface area contributed by atoms with Crippen LogP contribution in [0.15, 0.2) is 22.7 Å². The summed E-state index contributed by atoms with van der Waals surface area (Å²) >= 11 is 9.17. The van der Waals surface area contributed by atoms with Crippen molar-refractivity contribution in [1.82, 2.24) is 0 Å². The number of halogens is 2. The molecule has 4 N–H and O–H groups in total. The van der Waals surface area contributed by atoms with E-state index in [9.17, 15) is 0 Å². The molecule has 4 heteroatoms. The van der Waals surface area contributed by atoms with Gasteiger partial charge in [0, 0.05) is 17.1 Å². The first-order chi connectivity index (χ1) is 5.65. The van der Waals surface area contributed by atoms with E-state index < -0.39 is 0 Å². The fourth-order valence-corrected chi connectivity index (χ4v) is 1.31. The van der Waals surface area contributed by atoms with Gasteiger partial charge in [-0.1, -0.05) is 17.7 Å². The Bertz CT molecular complexity index is 278. The lowest BCUT2D eigenvalue weighted by Crippen LogP contribution is -2.20. The summed E-state index contributed by atoms with van der Waals surface area (Å²) < 4.78 is 0.872. The van der Waals surface area contributed by atoms with Gasteiger partial charge in [-0.15, -0.1) is 0 Å². The average molecular weight is 250 g/mol. The van der Waals surface area contributed by atoms with Gasteiger partial charge in [0.05, 0.1) is 5.02 Å². The molecule has 66 valence electrons. The Morgan fingerprint density at radius 1 is 1.50 bits per heavy atom. The van der Waals surface area contributed by atoms with Crippen LogP contribution in [0, 0.1) is 0 Å². The second-order valence-corrected chi connectivity index (χ2v) is 3.78. The van der Waals surface area contributed by atoms with Gasteiger partial charge in [-0.25, -0.2) is 0 Å². The minimum absolute atomic E-state index is 0.129. The molecule has 2 nitrogen and oxygen atoms in total. The van der Waals surface area contributed by atoms with Gasteiger partial charge in [0.1, 0.15) is 0 Å². The minimum atomic E-state index is -0.129. The third-order valence-electron chi connectivity index (χ3n) is 1.63.